The zero-order chi connectivity index (χ0) is 23.5. The van der Waals surface area contributed by atoms with Crippen molar-refractivity contribution in [2.24, 2.45) is 0 Å². The maximum Gasteiger partial charge on any atom is 0.340 e. The van der Waals surface area contributed by atoms with Gasteiger partial charge < -0.3 is 10.1 Å². The average molecular weight is 464 g/mol. The van der Waals surface area contributed by atoms with Crippen LogP contribution in [0.2, 0.25) is 5.02 Å². The van der Waals surface area contributed by atoms with Gasteiger partial charge in [-0.1, -0.05) is 41.9 Å². The van der Waals surface area contributed by atoms with Crippen molar-refractivity contribution in [2.45, 2.75) is 20.4 Å². The summed E-state index contributed by atoms with van der Waals surface area (Å²) in [7, 11) is 1.28. The van der Waals surface area contributed by atoms with E-state index in [-0.39, 0.29) is 10.6 Å². The van der Waals surface area contributed by atoms with Crippen LogP contribution in [0.25, 0.3) is 11.4 Å². The molecule has 9 heteroatoms. The lowest BCUT2D eigenvalue weighted by molar-refractivity contribution is 0.0600. The minimum atomic E-state index is -0.570. The molecule has 4 aromatic rings. The van der Waals surface area contributed by atoms with E-state index in [0.29, 0.717) is 17.9 Å². The SMILES string of the molecule is COC(=O)c1ccccc1-n1ncc(NCc2c(C)nn(-c3ccccc3)c2C)c(Cl)c1=O. The van der Waals surface area contributed by atoms with Crippen molar-refractivity contribution in [3.63, 3.8) is 0 Å². The number of nitrogens with zero attached hydrogens (tertiary/aromatic N) is 4. The number of esters is 1. The zero-order valence-electron chi connectivity index (χ0n) is 18.4. The molecule has 0 radical (unpaired) electrons. The molecule has 2 aromatic carbocycles. The monoisotopic (exact) mass is 463 g/mol. The fraction of sp³-hybridized carbons (Fsp3) is 0.167. The van der Waals surface area contributed by atoms with Crippen LogP contribution in [-0.4, -0.2) is 32.6 Å². The van der Waals surface area contributed by atoms with Gasteiger partial charge in [0.05, 0.1) is 41.6 Å². The number of methoxy groups -OCH3 is 1. The number of rotatable bonds is 6. The first kappa shape index (κ1) is 22.3. The van der Waals surface area contributed by atoms with Crippen molar-refractivity contribution < 1.29 is 9.53 Å². The number of halogens is 1. The van der Waals surface area contributed by atoms with Crippen LogP contribution in [0.3, 0.4) is 0 Å². The molecule has 0 aliphatic carbocycles. The first-order chi connectivity index (χ1) is 15.9. The van der Waals surface area contributed by atoms with E-state index in [4.69, 9.17) is 16.3 Å². The van der Waals surface area contributed by atoms with Crippen molar-refractivity contribution >= 4 is 23.3 Å². The molecular weight excluding hydrogens is 442 g/mol. The Morgan fingerprint density at radius 2 is 1.76 bits per heavy atom. The van der Waals surface area contributed by atoms with E-state index in [1.54, 1.807) is 24.3 Å². The van der Waals surface area contributed by atoms with Gasteiger partial charge in [-0.25, -0.2) is 9.48 Å². The molecule has 0 aliphatic heterocycles. The summed E-state index contributed by atoms with van der Waals surface area (Å²) < 4.78 is 7.77. The second-order valence-corrected chi connectivity index (χ2v) is 7.73. The summed E-state index contributed by atoms with van der Waals surface area (Å²) in [5, 5.41) is 12.0. The molecule has 0 unspecified atom stereocenters. The fourth-order valence-electron chi connectivity index (χ4n) is 3.60. The van der Waals surface area contributed by atoms with Gasteiger partial charge in [-0.2, -0.15) is 14.9 Å². The summed E-state index contributed by atoms with van der Waals surface area (Å²) in [6.45, 7) is 4.34. The number of aromatic nitrogens is 4. The Kier molecular flexibility index (Phi) is 6.28. The van der Waals surface area contributed by atoms with Gasteiger partial charge in [0.2, 0.25) is 0 Å². The zero-order valence-corrected chi connectivity index (χ0v) is 19.1. The second kappa shape index (κ2) is 9.30. The van der Waals surface area contributed by atoms with Crippen molar-refractivity contribution in [3.05, 3.63) is 98.7 Å². The molecular formula is C24H22ClN5O3. The van der Waals surface area contributed by atoms with E-state index in [9.17, 15) is 9.59 Å². The summed E-state index contributed by atoms with van der Waals surface area (Å²) in [5.41, 5.74) is 4.16. The number of para-hydroxylation sites is 2. The summed E-state index contributed by atoms with van der Waals surface area (Å²) in [4.78, 5) is 25.0. The standard InChI is InChI=1S/C24H22ClN5O3/c1-15-19(16(2)29(28-15)17-9-5-4-6-10-17)13-26-20-14-27-30(23(31)22(20)25)21-12-8-7-11-18(21)24(32)33-3/h4-12,14,26H,13H2,1-3H3. The smallest absolute Gasteiger partial charge is 0.340 e. The number of anilines is 1. The fourth-order valence-corrected chi connectivity index (χ4v) is 3.80. The molecule has 0 saturated heterocycles. The van der Waals surface area contributed by atoms with Crippen LogP contribution in [0.4, 0.5) is 5.69 Å². The molecule has 0 saturated carbocycles. The van der Waals surface area contributed by atoms with Crippen LogP contribution in [0, 0.1) is 13.8 Å². The predicted molar refractivity (Wildman–Crippen MR) is 127 cm³/mol. The number of hydrogen-bond donors (Lipinski definition) is 1. The maximum atomic E-state index is 12.9. The van der Waals surface area contributed by atoms with Gasteiger partial charge in [0.15, 0.2) is 0 Å². The van der Waals surface area contributed by atoms with Gasteiger partial charge in [0, 0.05) is 17.8 Å². The van der Waals surface area contributed by atoms with E-state index in [0.717, 1.165) is 27.3 Å². The molecule has 33 heavy (non-hydrogen) atoms. The maximum absolute atomic E-state index is 12.9. The van der Waals surface area contributed by atoms with Crippen LogP contribution < -0.4 is 10.9 Å². The minimum Gasteiger partial charge on any atom is -0.465 e. The van der Waals surface area contributed by atoms with Gasteiger partial charge in [-0.05, 0) is 38.1 Å². The topological polar surface area (TPSA) is 91.0 Å². The lowest BCUT2D eigenvalue weighted by Crippen LogP contribution is -2.24. The van der Waals surface area contributed by atoms with E-state index in [1.165, 1.54) is 13.3 Å². The Bertz CT molecular complexity index is 1380. The van der Waals surface area contributed by atoms with Gasteiger partial charge in [-0.3, -0.25) is 4.79 Å². The van der Waals surface area contributed by atoms with Crippen molar-refractivity contribution in [3.8, 4) is 11.4 Å². The predicted octanol–water partition coefficient (Wildman–Crippen LogP) is 4.09. The van der Waals surface area contributed by atoms with E-state index in [1.807, 2.05) is 48.9 Å². The van der Waals surface area contributed by atoms with Gasteiger partial charge >= 0.3 is 5.97 Å². The number of carbonyl (C=O) groups is 1. The van der Waals surface area contributed by atoms with E-state index in [2.05, 4.69) is 15.5 Å². The first-order valence-electron chi connectivity index (χ1n) is 10.2. The van der Waals surface area contributed by atoms with Crippen molar-refractivity contribution in [1.82, 2.24) is 19.6 Å². The molecule has 0 aliphatic rings. The molecule has 0 amide bonds. The number of hydrogen-bond acceptors (Lipinski definition) is 6. The lowest BCUT2D eigenvalue weighted by atomic mass is 10.2. The third kappa shape index (κ3) is 4.25. The number of carbonyl (C=O) groups excluding carboxylic acids is 1. The van der Waals surface area contributed by atoms with Gasteiger partial charge in [-0.15, -0.1) is 0 Å². The highest BCUT2D eigenvalue weighted by atomic mass is 35.5. The molecule has 1 N–H and O–H groups in total. The second-order valence-electron chi connectivity index (χ2n) is 7.35. The third-order valence-corrected chi connectivity index (χ3v) is 5.72. The van der Waals surface area contributed by atoms with E-state index < -0.39 is 11.5 Å². The lowest BCUT2D eigenvalue weighted by Gasteiger charge is -2.12. The Labute approximate surface area is 195 Å². The minimum absolute atomic E-state index is 0.0320. The number of aryl methyl sites for hydroxylation is 1. The molecule has 4 rings (SSSR count). The summed E-state index contributed by atoms with van der Waals surface area (Å²) in [6, 6.07) is 16.4. The average Bonchev–Trinajstić information content (AvgIpc) is 3.13. The molecule has 2 heterocycles. The van der Waals surface area contributed by atoms with Crippen LogP contribution in [-0.2, 0) is 11.3 Å². The van der Waals surface area contributed by atoms with Crippen LogP contribution in [0.15, 0.2) is 65.6 Å². The molecule has 0 bridgehead atoms. The van der Waals surface area contributed by atoms with Gasteiger partial charge in [0.25, 0.3) is 5.56 Å². The number of benzene rings is 2. The van der Waals surface area contributed by atoms with Crippen molar-refractivity contribution in [2.75, 3.05) is 12.4 Å². The van der Waals surface area contributed by atoms with Crippen LogP contribution >= 0.6 is 11.6 Å². The summed E-state index contributed by atoms with van der Waals surface area (Å²) in [6.07, 6.45) is 1.46. The summed E-state index contributed by atoms with van der Waals surface area (Å²) >= 11 is 6.39. The molecule has 0 spiro atoms. The Morgan fingerprint density at radius 3 is 2.48 bits per heavy atom. The van der Waals surface area contributed by atoms with E-state index >= 15 is 0 Å². The molecule has 0 atom stereocenters. The van der Waals surface area contributed by atoms with Crippen molar-refractivity contribution in [1.29, 1.82) is 0 Å². The Balaban J connectivity index is 1.62. The molecule has 2 aromatic heterocycles. The number of nitrogens with one attached hydrogen (secondary N) is 1. The Hall–Kier alpha value is -3.91. The Morgan fingerprint density at radius 1 is 1.06 bits per heavy atom. The highest BCUT2D eigenvalue weighted by molar-refractivity contribution is 6.33. The van der Waals surface area contributed by atoms with Crippen LogP contribution in [0.1, 0.15) is 27.3 Å². The molecule has 0 fully saturated rings. The van der Waals surface area contributed by atoms with Gasteiger partial charge in [0.1, 0.15) is 5.02 Å². The third-order valence-electron chi connectivity index (χ3n) is 5.35. The number of ether oxygens (including phenoxy) is 1. The molecule has 168 valence electrons. The normalized spacial score (nSPS) is 10.8. The highest BCUT2D eigenvalue weighted by Crippen LogP contribution is 2.22. The molecule has 8 nitrogen and oxygen atoms in total. The highest BCUT2D eigenvalue weighted by Gasteiger charge is 2.18. The van der Waals surface area contributed by atoms with Crippen LogP contribution in [0.5, 0.6) is 0 Å². The summed E-state index contributed by atoms with van der Waals surface area (Å²) in [5.74, 6) is -0.570. The largest absolute Gasteiger partial charge is 0.465 e. The first-order valence-corrected chi connectivity index (χ1v) is 10.6. The quantitative estimate of drug-likeness (QED) is 0.433.